The lowest BCUT2D eigenvalue weighted by Gasteiger charge is -2.35. The van der Waals surface area contributed by atoms with Crippen LogP contribution < -0.4 is 5.56 Å². The molecule has 6 heteroatoms. The third-order valence-corrected chi connectivity index (χ3v) is 5.12. The Morgan fingerprint density at radius 3 is 3.10 bits per heavy atom. The molecule has 1 fully saturated rings. The molecular formula is C14H19N3O2S. The first kappa shape index (κ1) is 13.7. The molecule has 1 aromatic rings. The molecule has 1 aromatic heterocycles. The summed E-state index contributed by atoms with van der Waals surface area (Å²) in [5.74, 6) is 0.725. The van der Waals surface area contributed by atoms with Gasteiger partial charge in [0, 0.05) is 31.1 Å². The average Bonchev–Trinajstić information content (AvgIpc) is 2.96. The molecule has 1 saturated heterocycles. The van der Waals surface area contributed by atoms with Crippen molar-refractivity contribution in [3.63, 3.8) is 0 Å². The maximum absolute atomic E-state index is 12.7. The van der Waals surface area contributed by atoms with Crippen molar-refractivity contribution in [3.05, 3.63) is 22.1 Å². The highest BCUT2D eigenvalue weighted by Gasteiger charge is 2.29. The first-order valence-electron chi connectivity index (χ1n) is 7.26. The van der Waals surface area contributed by atoms with Crippen LogP contribution in [0, 0.1) is 0 Å². The fourth-order valence-electron chi connectivity index (χ4n) is 3.01. The van der Waals surface area contributed by atoms with Gasteiger partial charge in [-0.2, -0.15) is 0 Å². The first-order chi connectivity index (χ1) is 9.72. The lowest BCUT2D eigenvalue weighted by atomic mass is 9.99. The summed E-state index contributed by atoms with van der Waals surface area (Å²) in [4.78, 5) is 31.2. The molecule has 5 nitrogen and oxygen atoms in total. The van der Waals surface area contributed by atoms with Crippen molar-refractivity contribution in [2.75, 3.05) is 12.3 Å². The van der Waals surface area contributed by atoms with Crippen LogP contribution in [0.5, 0.6) is 0 Å². The molecule has 1 unspecified atom stereocenters. The minimum atomic E-state index is -0.176. The van der Waals surface area contributed by atoms with Crippen LogP contribution >= 0.6 is 11.8 Å². The summed E-state index contributed by atoms with van der Waals surface area (Å²) in [6, 6.07) is 0.267. The molecule has 20 heavy (non-hydrogen) atoms. The summed E-state index contributed by atoms with van der Waals surface area (Å²) < 4.78 is 1.63. The zero-order chi connectivity index (χ0) is 14.1. The van der Waals surface area contributed by atoms with Crippen LogP contribution in [0.4, 0.5) is 0 Å². The molecule has 0 bridgehead atoms. The van der Waals surface area contributed by atoms with E-state index in [1.165, 1.54) is 12.6 Å². The maximum atomic E-state index is 12.7. The SMILES string of the molecule is CCC1CCCCN1C(=O)c1cnc2n(c1=O)CCS2. The molecule has 0 aromatic carbocycles. The third kappa shape index (κ3) is 2.26. The van der Waals surface area contributed by atoms with Crippen molar-refractivity contribution in [1.82, 2.24) is 14.5 Å². The number of piperidine rings is 1. The van der Waals surface area contributed by atoms with E-state index in [-0.39, 0.29) is 23.1 Å². The van der Waals surface area contributed by atoms with E-state index < -0.39 is 0 Å². The highest BCUT2D eigenvalue weighted by molar-refractivity contribution is 7.99. The number of rotatable bonds is 2. The Balaban J connectivity index is 1.93. The largest absolute Gasteiger partial charge is 0.335 e. The Morgan fingerprint density at radius 1 is 1.45 bits per heavy atom. The standard InChI is InChI=1S/C14H19N3O2S/c1-2-10-5-3-4-6-16(10)12(18)11-9-15-14-17(13(11)19)7-8-20-14/h9-10H,2-8H2,1H3. The third-order valence-electron chi connectivity index (χ3n) is 4.15. The molecular weight excluding hydrogens is 274 g/mol. The number of carbonyl (C=O) groups excluding carboxylic acids is 1. The van der Waals surface area contributed by atoms with Crippen LogP contribution in [0.2, 0.25) is 0 Å². The number of carbonyl (C=O) groups is 1. The Labute approximate surface area is 122 Å². The molecule has 1 atom stereocenters. The molecule has 2 aliphatic rings. The summed E-state index contributed by atoms with van der Waals surface area (Å²) >= 11 is 1.57. The number of thioether (sulfide) groups is 1. The van der Waals surface area contributed by atoms with Gasteiger partial charge in [0.05, 0.1) is 0 Å². The van der Waals surface area contributed by atoms with Crippen LogP contribution in [0.25, 0.3) is 0 Å². The predicted octanol–water partition coefficient (Wildman–Crippen LogP) is 1.75. The van der Waals surface area contributed by atoms with Crippen LogP contribution in [0.1, 0.15) is 43.0 Å². The molecule has 1 amide bonds. The summed E-state index contributed by atoms with van der Waals surface area (Å²) in [6.07, 6.45) is 5.65. The Hall–Kier alpha value is -1.30. The van der Waals surface area contributed by atoms with E-state index in [0.29, 0.717) is 6.54 Å². The highest BCUT2D eigenvalue weighted by Crippen LogP contribution is 2.23. The van der Waals surface area contributed by atoms with E-state index in [1.54, 1.807) is 16.3 Å². The van der Waals surface area contributed by atoms with Gasteiger partial charge in [0.15, 0.2) is 5.16 Å². The van der Waals surface area contributed by atoms with Crippen LogP contribution in [-0.2, 0) is 6.54 Å². The van der Waals surface area contributed by atoms with Crippen molar-refractivity contribution in [3.8, 4) is 0 Å². The molecule has 0 N–H and O–H groups in total. The summed E-state index contributed by atoms with van der Waals surface area (Å²) in [5, 5.41) is 0.734. The van der Waals surface area contributed by atoms with E-state index in [4.69, 9.17) is 0 Å². The number of fused-ring (bicyclic) bond motifs is 1. The molecule has 0 aliphatic carbocycles. The number of hydrogen-bond acceptors (Lipinski definition) is 4. The van der Waals surface area contributed by atoms with Gasteiger partial charge in [0.1, 0.15) is 5.56 Å². The normalized spacial score (nSPS) is 21.9. The van der Waals surface area contributed by atoms with Crippen molar-refractivity contribution in [1.29, 1.82) is 0 Å². The number of aromatic nitrogens is 2. The van der Waals surface area contributed by atoms with Crippen molar-refractivity contribution in [2.45, 2.75) is 50.4 Å². The Morgan fingerprint density at radius 2 is 2.30 bits per heavy atom. The van der Waals surface area contributed by atoms with Gasteiger partial charge in [-0.05, 0) is 25.7 Å². The zero-order valence-corrected chi connectivity index (χ0v) is 12.5. The topological polar surface area (TPSA) is 55.2 Å². The molecule has 2 aliphatic heterocycles. The van der Waals surface area contributed by atoms with Gasteiger partial charge in [-0.25, -0.2) is 4.98 Å². The summed E-state index contributed by atoms with van der Waals surface area (Å²) in [6.45, 7) is 3.51. The smallest absolute Gasteiger partial charge is 0.267 e. The molecule has 0 radical (unpaired) electrons. The van der Waals surface area contributed by atoms with Gasteiger partial charge in [0.2, 0.25) is 0 Å². The van der Waals surface area contributed by atoms with Crippen LogP contribution in [0.15, 0.2) is 16.1 Å². The first-order valence-corrected chi connectivity index (χ1v) is 8.24. The van der Waals surface area contributed by atoms with Gasteiger partial charge >= 0.3 is 0 Å². The van der Waals surface area contributed by atoms with E-state index >= 15 is 0 Å². The van der Waals surface area contributed by atoms with Crippen molar-refractivity contribution < 1.29 is 4.79 Å². The molecule has 0 saturated carbocycles. The Bertz CT molecular complexity index is 584. The highest BCUT2D eigenvalue weighted by atomic mass is 32.2. The van der Waals surface area contributed by atoms with E-state index in [0.717, 1.165) is 36.7 Å². The second-order valence-electron chi connectivity index (χ2n) is 5.32. The van der Waals surface area contributed by atoms with Crippen molar-refractivity contribution in [2.24, 2.45) is 0 Å². The van der Waals surface area contributed by atoms with E-state index in [2.05, 4.69) is 11.9 Å². The Kier molecular flexibility index (Phi) is 3.83. The van der Waals surface area contributed by atoms with Gasteiger partial charge < -0.3 is 4.90 Å². The lowest BCUT2D eigenvalue weighted by molar-refractivity contribution is 0.0604. The monoisotopic (exact) mass is 293 g/mol. The molecule has 0 spiro atoms. The number of nitrogens with zero attached hydrogens (tertiary/aromatic N) is 3. The quantitative estimate of drug-likeness (QED) is 0.780. The fraction of sp³-hybridized carbons (Fsp3) is 0.643. The molecule has 3 heterocycles. The molecule has 3 rings (SSSR count). The van der Waals surface area contributed by atoms with Gasteiger partial charge in [0.25, 0.3) is 11.5 Å². The number of amides is 1. The minimum Gasteiger partial charge on any atom is -0.335 e. The summed E-state index contributed by atoms with van der Waals surface area (Å²) in [7, 11) is 0. The second kappa shape index (κ2) is 5.60. The number of hydrogen-bond donors (Lipinski definition) is 0. The van der Waals surface area contributed by atoms with Crippen LogP contribution in [-0.4, -0.2) is 38.7 Å². The van der Waals surface area contributed by atoms with Crippen molar-refractivity contribution >= 4 is 17.7 Å². The second-order valence-corrected chi connectivity index (χ2v) is 6.38. The fourth-order valence-corrected chi connectivity index (χ4v) is 3.93. The van der Waals surface area contributed by atoms with Gasteiger partial charge in [-0.1, -0.05) is 18.7 Å². The average molecular weight is 293 g/mol. The predicted molar refractivity (Wildman–Crippen MR) is 78.2 cm³/mol. The van der Waals surface area contributed by atoms with Crippen LogP contribution in [0.3, 0.4) is 0 Å². The lowest BCUT2D eigenvalue weighted by Crippen LogP contribution is -2.45. The minimum absolute atomic E-state index is 0.138. The zero-order valence-electron chi connectivity index (χ0n) is 11.7. The van der Waals surface area contributed by atoms with Gasteiger partial charge in [-0.3, -0.25) is 14.2 Å². The van der Waals surface area contributed by atoms with E-state index in [1.807, 2.05) is 4.90 Å². The van der Waals surface area contributed by atoms with E-state index in [9.17, 15) is 9.59 Å². The maximum Gasteiger partial charge on any atom is 0.267 e. The molecule has 108 valence electrons. The number of likely N-dealkylation sites (tertiary alicyclic amines) is 1. The van der Waals surface area contributed by atoms with Gasteiger partial charge in [-0.15, -0.1) is 0 Å². The summed E-state index contributed by atoms with van der Waals surface area (Å²) in [5.41, 5.74) is 0.0574.